The number of nitrogens with zero attached hydrogens (tertiary/aromatic N) is 3. The number of nitrogens with one attached hydrogen (secondary N) is 2. The summed E-state index contributed by atoms with van der Waals surface area (Å²) in [6.07, 6.45) is 2.59. The van der Waals surface area contributed by atoms with Gasteiger partial charge in [-0.15, -0.1) is 0 Å². The number of pyridine rings is 1. The smallest absolute Gasteiger partial charge is 0.255 e. The fourth-order valence-corrected chi connectivity index (χ4v) is 3.56. The monoisotopic (exact) mass is 453 g/mol. The molecule has 34 heavy (non-hydrogen) atoms. The highest BCUT2D eigenvalue weighted by atomic mass is 16.3. The average Bonchev–Trinajstić information content (AvgIpc) is 2.91. The molecule has 0 saturated carbocycles. The van der Waals surface area contributed by atoms with E-state index in [1.165, 1.54) is 6.20 Å². The maximum Gasteiger partial charge on any atom is 0.255 e. The zero-order valence-electron chi connectivity index (χ0n) is 18.9. The second kappa shape index (κ2) is 11.2. The number of carbonyl (C=O) groups excluding carboxylic acids is 1. The summed E-state index contributed by atoms with van der Waals surface area (Å²) < 4.78 is 0. The van der Waals surface area contributed by atoms with E-state index >= 15 is 0 Å². The second-order valence-electron chi connectivity index (χ2n) is 8.04. The Morgan fingerprint density at radius 2 is 1.65 bits per heavy atom. The van der Waals surface area contributed by atoms with Gasteiger partial charge in [-0.2, -0.15) is 0 Å². The van der Waals surface area contributed by atoms with Crippen molar-refractivity contribution in [3.05, 3.63) is 108 Å². The molecule has 0 aliphatic carbocycles. The highest BCUT2D eigenvalue weighted by Gasteiger charge is 2.20. The summed E-state index contributed by atoms with van der Waals surface area (Å²) >= 11 is 0. The minimum absolute atomic E-state index is 0.174. The maximum atomic E-state index is 13.1. The maximum absolute atomic E-state index is 13.1. The first-order chi connectivity index (χ1) is 16.6. The van der Waals surface area contributed by atoms with Gasteiger partial charge in [-0.05, 0) is 17.7 Å². The van der Waals surface area contributed by atoms with E-state index in [2.05, 4.69) is 25.6 Å². The van der Waals surface area contributed by atoms with Crippen LogP contribution in [0.1, 0.15) is 34.6 Å². The molecule has 0 spiro atoms. The molecule has 4 aromatic rings. The topological polar surface area (TPSA) is 100 Å². The fraction of sp³-hybridized carbons (Fsp3) is 0.185. The zero-order chi connectivity index (χ0) is 23.8. The first-order valence-corrected chi connectivity index (χ1v) is 11.2. The van der Waals surface area contributed by atoms with Gasteiger partial charge >= 0.3 is 0 Å². The van der Waals surface area contributed by atoms with Crippen LogP contribution in [0.3, 0.4) is 0 Å². The number of aromatic nitrogens is 3. The van der Waals surface area contributed by atoms with Crippen molar-refractivity contribution in [1.82, 2.24) is 20.3 Å². The molecule has 0 saturated heterocycles. The van der Waals surface area contributed by atoms with E-state index in [0.29, 0.717) is 30.3 Å². The number of aliphatic hydroxyl groups excluding tert-OH is 1. The number of hydrogen-bond donors (Lipinski definition) is 3. The van der Waals surface area contributed by atoms with Crippen molar-refractivity contribution in [3.8, 4) is 11.3 Å². The number of amides is 1. The lowest BCUT2D eigenvalue weighted by Crippen LogP contribution is -2.31. The normalized spacial score (nSPS) is 12.5. The van der Waals surface area contributed by atoms with Crippen LogP contribution in [-0.4, -0.2) is 32.5 Å². The molecule has 0 fully saturated rings. The molecule has 2 unspecified atom stereocenters. The van der Waals surface area contributed by atoms with Crippen LogP contribution in [0.15, 0.2) is 91.3 Å². The summed E-state index contributed by atoms with van der Waals surface area (Å²) in [5, 5.41) is 16.7. The van der Waals surface area contributed by atoms with E-state index in [9.17, 15) is 9.90 Å². The molecule has 4 rings (SSSR count). The van der Waals surface area contributed by atoms with E-state index < -0.39 is 6.10 Å². The predicted molar refractivity (Wildman–Crippen MR) is 132 cm³/mol. The second-order valence-corrected chi connectivity index (χ2v) is 8.04. The molecule has 3 N–H and O–H groups in total. The molecule has 0 radical (unpaired) electrons. The molecule has 2 heterocycles. The molecule has 7 heteroatoms. The van der Waals surface area contributed by atoms with E-state index in [4.69, 9.17) is 0 Å². The molecule has 0 bridgehead atoms. The molecule has 2 aromatic heterocycles. The van der Waals surface area contributed by atoms with Crippen LogP contribution in [-0.2, 0) is 6.54 Å². The van der Waals surface area contributed by atoms with Crippen molar-refractivity contribution in [3.63, 3.8) is 0 Å². The van der Waals surface area contributed by atoms with E-state index in [0.717, 1.165) is 16.8 Å². The molecular formula is C27H27N5O2. The van der Waals surface area contributed by atoms with Gasteiger partial charge in [0, 0.05) is 30.4 Å². The summed E-state index contributed by atoms with van der Waals surface area (Å²) in [5.41, 5.74) is 3.40. The first kappa shape index (κ1) is 23.1. The van der Waals surface area contributed by atoms with Crippen molar-refractivity contribution in [2.45, 2.75) is 19.6 Å². The summed E-state index contributed by atoms with van der Waals surface area (Å²) in [7, 11) is 0. The average molecular weight is 454 g/mol. The van der Waals surface area contributed by atoms with Crippen LogP contribution in [0.2, 0.25) is 0 Å². The van der Waals surface area contributed by atoms with Gasteiger partial charge in [-0.3, -0.25) is 9.78 Å². The van der Waals surface area contributed by atoms with Crippen LogP contribution in [0.25, 0.3) is 11.3 Å². The van der Waals surface area contributed by atoms with Crippen LogP contribution in [0, 0.1) is 5.92 Å². The predicted octanol–water partition coefficient (Wildman–Crippen LogP) is 4.25. The summed E-state index contributed by atoms with van der Waals surface area (Å²) in [6, 6.07) is 24.7. The number of aliphatic hydroxyl groups is 1. The Bertz CT molecular complexity index is 1200. The molecular weight excluding hydrogens is 426 g/mol. The Kier molecular flexibility index (Phi) is 7.57. The van der Waals surface area contributed by atoms with Crippen LogP contribution in [0.5, 0.6) is 0 Å². The Morgan fingerprint density at radius 3 is 2.35 bits per heavy atom. The third-order valence-electron chi connectivity index (χ3n) is 5.50. The van der Waals surface area contributed by atoms with Crippen molar-refractivity contribution < 1.29 is 9.90 Å². The zero-order valence-corrected chi connectivity index (χ0v) is 18.9. The lowest BCUT2D eigenvalue weighted by Gasteiger charge is -2.20. The van der Waals surface area contributed by atoms with E-state index in [1.807, 2.05) is 85.8 Å². The van der Waals surface area contributed by atoms with Gasteiger partial charge in [0.25, 0.3) is 5.91 Å². The molecule has 2 atom stereocenters. The van der Waals surface area contributed by atoms with Crippen LogP contribution < -0.4 is 10.6 Å². The Labute approximate surface area is 199 Å². The van der Waals surface area contributed by atoms with E-state index in [1.54, 1.807) is 6.20 Å². The largest absolute Gasteiger partial charge is 0.388 e. The van der Waals surface area contributed by atoms with Crippen LogP contribution in [0.4, 0.5) is 5.95 Å². The van der Waals surface area contributed by atoms with Crippen molar-refractivity contribution in [2.24, 2.45) is 5.92 Å². The van der Waals surface area contributed by atoms with Gasteiger partial charge in [0.2, 0.25) is 5.95 Å². The summed E-state index contributed by atoms with van der Waals surface area (Å²) in [6.45, 7) is 2.68. The summed E-state index contributed by atoms with van der Waals surface area (Å²) in [5.74, 6) is -0.0529. The van der Waals surface area contributed by atoms with Crippen molar-refractivity contribution in [1.29, 1.82) is 0 Å². The van der Waals surface area contributed by atoms with Gasteiger partial charge < -0.3 is 15.7 Å². The van der Waals surface area contributed by atoms with Crippen LogP contribution >= 0.6 is 0 Å². The molecule has 1 amide bonds. The van der Waals surface area contributed by atoms with Gasteiger partial charge in [-0.25, -0.2) is 9.97 Å². The fourth-order valence-electron chi connectivity index (χ4n) is 3.56. The molecule has 7 nitrogen and oxygen atoms in total. The number of benzene rings is 2. The number of anilines is 1. The van der Waals surface area contributed by atoms with E-state index in [-0.39, 0.29) is 11.8 Å². The molecule has 2 aromatic carbocycles. The quantitative estimate of drug-likeness (QED) is 0.350. The highest BCUT2D eigenvalue weighted by Crippen LogP contribution is 2.24. The Balaban J connectivity index is 1.50. The minimum atomic E-state index is -0.676. The third kappa shape index (κ3) is 5.82. The van der Waals surface area contributed by atoms with Crippen molar-refractivity contribution >= 4 is 11.9 Å². The molecule has 0 aliphatic rings. The minimum Gasteiger partial charge on any atom is -0.388 e. The third-order valence-corrected chi connectivity index (χ3v) is 5.50. The Hall–Kier alpha value is -4.10. The first-order valence-electron chi connectivity index (χ1n) is 11.2. The number of carbonyl (C=O) groups is 1. The molecule has 172 valence electrons. The SMILES string of the molecule is CC(CNC(=O)c1cnc(NCc2ccccn2)nc1-c1ccccc1)C(O)c1ccccc1. The van der Waals surface area contributed by atoms with Gasteiger partial charge in [-0.1, -0.05) is 73.7 Å². The number of hydrogen-bond acceptors (Lipinski definition) is 6. The van der Waals surface area contributed by atoms with Gasteiger partial charge in [0.1, 0.15) is 0 Å². The van der Waals surface area contributed by atoms with Gasteiger partial charge in [0.05, 0.1) is 29.6 Å². The molecule has 0 aliphatic heterocycles. The Morgan fingerprint density at radius 1 is 0.941 bits per heavy atom. The lowest BCUT2D eigenvalue weighted by atomic mass is 9.97. The highest BCUT2D eigenvalue weighted by molar-refractivity contribution is 5.99. The number of rotatable bonds is 9. The van der Waals surface area contributed by atoms with Gasteiger partial charge in [0.15, 0.2) is 0 Å². The standard InChI is InChI=1S/C27H27N5O2/c1-19(25(33)21-12-6-3-7-13-21)16-29-26(34)23-18-31-27(30-17-22-14-8-9-15-28-22)32-24(23)20-10-4-2-5-11-20/h2-15,18-19,25,33H,16-17H2,1H3,(H,29,34)(H,30,31,32). The summed E-state index contributed by atoms with van der Waals surface area (Å²) in [4.78, 5) is 26.4. The van der Waals surface area contributed by atoms with Crippen molar-refractivity contribution in [2.75, 3.05) is 11.9 Å². The lowest BCUT2D eigenvalue weighted by molar-refractivity contribution is 0.0896.